The molecule has 3 unspecified atom stereocenters. The first-order valence-corrected chi connectivity index (χ1v) is 5.54. The van der Waals surface area contributed by atoms with Crippen molar-refractivity contribution in [2.45, 2.75) is 59.5 Å². The molecular weight excluding hydrogens is 160 g/mol. The zero-order chi connectivity index (χ0) is 10.3. The van der Waals surface area contributed by atoms with Crippen LogP contribution in [0.5, 0.6) is 0 Å². The average molecular weight is 184 g/mol. The monoisotopic (exact) mass is 184 g/mol. The lowest BCUT2D eigenvalue weighted by atomic mass is 9.78. The minimum atomic E-state index is -0.405. The van der Waals surface area contributed by atoms with E-state index in [4.69, 9.17) is 0 Å². The molecule has 1 rings (SSSR count). The van der Waals surface area contributed by atoms with Crippen LogP contribution in [0.2, 0.25) is 0 Å². The van der Waals surface area contributed by atoms with Crippen LogP contribution < -0.4 is 0 Å². The molecule has 0 spiro atoms. The maximum atomic E-state index is 10.6. The lowest BCUT2D eigenvalue weighted by Gasteiger charge is -2.34. The first-order valence-electron chi connectivity index (χ1n) is 5.54. The second-order valence-corrected chi connectivity index (χ2v) is 5.75. The van der Waals surface area contributed by atoms with Crippen molar-refractivity contribution in [3.05, 3.63) is 0 Å². The van der Waals surface area contributed by atoms with Gasteiger partial charge in [-0.05, 0) is 30.1 Å². The van der Waals surface area contributed by atoms with Crippen LogP contribution in [0, 0.1) is 17.3 Å². The van der Waals surface area contributed by atoms with Crippen LogP contribution in [0.1, 0.15) is 53.9 Å². The lowest BCUT2D eigenvalue weighted by Crippen LogP contribution is -2.39. The van der Waals surface area contributed by atoms with Gasteiger partial charge in [0, 0.05) is 0 Å². The van der Waals surface area contributed by atoms with Crippen molar-refractivity contribution in [2.75, 3.05) is 0 Å². The summed E-state index contributed by atoms with van der Waals surface area (Å²) >= 11 is 0. The van der Waals surface area contributed by atoms with Crippen LogP contribution in [0.15, 0.2) is 0 Å². The second kappa shape index (κ2) is 3.27. The summed E-state index contributed by atoms with van der Waals surface area (Å²) in [6, 6.07) is 0. The Labute approximate surface area is 82.5 Å². The van der Waals surface area contributed by atoms with E-state index < -0.39 is 5.60 Å². The number of rotatable bonds is 2. The zero-order valence-electron chi connectivity index (χ0n) is 9.72. The van der Waals surface area contributed by atoms with Crippen LogP contribution in [0.4, 0.5) is 0 Å². The van der Waals surface area contributed by atoms with E-state index in [1.807, 2.05) is 0 Å². The van der Waals surface area contributed by atoms with Gasteiger partial charge >= 0.3 is 0 Å². The fourth-order valence-electron chi connectivity index (χ4n) is 3.03. The van der Waals surface area contributed by atoms with E-state index in [9.17, 15) is 5.11 Å². The molecule has 3 atom stereocenters. The molecule has 0 aromatic carbocycles. The summed E-state index contributed by atoms with van der Waals surface area (Å²) in [6.45, 7) is 11.1. The maximum absolute atomic E-state index is 10.6. The molecule has 0 aromatic rings. The van der Waals surface area contributed by atoms with E-state index in [2.05, 4.69) is 34.6 Å². The summed E-state index contributed by atoms with van der Waals surface area (Å²) in [6.07, 6.45) is 3.21. The molecule has 0 bridgehead atoms. The van der Waals surface area contributed by atoms with Crippen LogP contribution >= 0.6 is 0 Å². The molecule has 0 aromatic heterocycles. The molecule has 1 aliphatic rings. The van der Waals surface area contributed by atoms with Gasteiger partial charge in [0.05, 0.1) is 5.60 Å². The Bertz CT molecular complexity index is 186. The summed E-state index contributed by atoms with van der Waals surface area (Å²) in [7, 11) is 0. The highest BCUT2D eigenvalue weighted by molar-refractivity contribution is 5.00. The Morgan fingerprint density at radius 1 is 1.46 bits per heavy atom. The van der Waals surface area contributed by atoms with Crippen molar-refractivity contribution in [1.82, 2.24) is 0 Å². The molecule has 0 amide bonds. The van der Waals surface area contributed by atoms with Crippen molar-refractivity contribution in [3.8, 4) is 0 Å². The molecule has 1 heteroatoms. The van der Waals surface area contributed by atoms with E-state index in [1.54, 1.807) is 0 Å². The predicted octanol–water partition coefficient (Wildman–Crippen LogP) is 3.22. The molecule has 0 aliphatic heterocycles. The second-order valence-electron chi connectivity index (χ2n) is 5.75. The number of hydrogen-bond donors (Lipinski definition) is 1. The van der Waals surface area contributed by atoms with E-state index in [0.29, 0.717) is 17.3 Å². The average Bonchev–Trinajstić information content (AvgIpc) is 2.20. The minimum Gasteiger partial charge on any atom is -0.389 e. The van der Waals surface area contributed by atoms with Gasteiger partial charge in [0.15, 0.2) is 0 Å². The summed E-state index contributed by atoms with van der Waals surface area (Å²) in [4.78, 5) is 0. The molecule has 1 saturated carbocycles. The number of hydrogen-bond acceptors (Lipinski definition) is 1. The number of aliphatic hydroxyl groups is 1. The van der Waals surface area contributed by atoms with E-state index in [1.165, 1.54) is 0 Å². The highest BCUT2D eigenvalue weighted by atomic mass is 16.3. The zero-order valence-corrected chi connectivity index (χ0v) is 9.72. The third-order valence-electron chi connectivity index (χ3n) is 3.94. The summed E-state index contributed by atoms with van der Waals surface area (Å²) < 4.78 is 0. The summed E-state index contributed by atoms with van der Waals surface area (Å²) in [5.74, 6) is 0.890. The van der Waals surface area contributed by atoms with Gasteiger partial charge in [0.2, 0.25) is 0 Å². The Morgan fingerprint density at radius 2 is 2.00 bits per heavy atom. The molecule has 1 nitrogen and oxygen atoms in total. The van der Waals surface area contributed by atoms with E-state index in [-0.39, 0.29) is 0 Å². The molecule has 13 heavy (non-hydrogen) atoms. The fourth-order valence-corrected chi connectivity index (χ4v) is 3.03. The van der Waals surface area contributed by atoms with Crippen molar-refractivity contribution in [1.29, 1.82) is 0 Å². The highest BCUT2D eigenvalue weighted by Crippen LogP contribution is 2.51. The van der Waals surface area contributed by atoms with Crippen LogP contribution in [0.3, 0.4) is 0 Å². The maximum Gasteiger partial charge on any atom is 0.0703 e. The summed E-state index contributed by atoms with van der Waals surface area (Å²) in [5, 5.41) is 10.6. The highest BCUT2D eigenvalue weighted by Gasteiger charge is 2.49. The largest absolute Gasteiger partial charge is 0.389 e. The van der Waals surface area contributed by atoms with E-state index >= 15 is 0 Å². The molecule has 1 fully saturated rings. The van der Waals surface area contributed by atoms with Crippen molar-refractivity contribution < 1.29 is 5.11 Å². The molecule has 0 heterocycles. The summed E-state index contributed by atoms with van der Waals surface area (Å²) in [5.41, 5.74) is -0.0736. The van der Waals surface area contributed by atoms with Crippen molar-refractivity contribution >= 4 is 0 Å². The fraction of sp³-hybridized carbons (Fsp3) is 1.00. The topological polar surface area (TPSA) is 20.2 Å². The Balaban J connectivity index is 2.80. The molecular formula is C12H24O. The van der Waals surface area contributed by atoms with Crippen molar-refractivity contribution in [2.24, 2.45) is 17.3 Å². The third-order valence-corrected chi connectivity index (χ3v) is 3.94. The van der Waals surface area contributed by atoms with Gasteiger partial charge in [0.25, 0.3) is 0 Å². The Morgan fingerprint density at radius 3 is 2.31 bits per heavy atom. The standard InChI is InChI=1S/C12H24O/c1-6-9(2)12(13)8-11(4,5)7-10(12)3/h9-10,13H,6-8H2,1-5H3. The van der Waals surface area contributed by atoms with Gasteiger partial charge in [-0.2, -0.15) is 0 Å². The van der Waals surface area contributed by atoms with Gasteiger partial charge in [-0.3, -0.25) is 0 Å². The minimum absolute atomic E-state index is 0.331. The molecule has 1 aliphatic carbocycles. The Kier molecular flexibility index (Phi) is 2.78. The molecule has 0 saturated heterocycles. The SMILES string of the molecule is CCC(C)C1(O)CC(C)(C)CC1C. The van der Waals surface area contributed by atoms with Crippen LogP contribution in [-0.4, -0.2) is 10.7 Å². The van der Waals surface area contributed by atoms with Crippen molar-refractivity contribution in [3.63, 3.8) is 0 Å². The van der Waals surface area contributed by atoms with Crippen LogP contribution in [-0.2, 0) is 0 Å². The molecule has 0 radical (unpaired) electrons. The van der Waals surface area contributed by atoms with Gasteiger partial charge in [-0.1, -0.05) is 41.0 Å². The Hall–Kier alpha value is -0.0400. The lowest BCUT2D eigenvalue weighted by molar-refractivity contribution is -0.0456. The third kappa shape index (κ3) is 1.90. The van der Waals surface area contributed by atoms with E-state index in [0.717, 1.165) is 19.3 Å². The molecule has 1 N–H and O–H groups in total. The first-order chi connectivity index (χ1) is 5.82. The first kappa shape index (κ1) is 11.0. The normalized spacial score (nSPS) is 40.6. The van der Waals surface area contributed by atoms with Gasteiger partial charge < -0.3 is 5.11 Å². The quantitative estimate of drug-likeness (QED) is 0.698. The molecule has 78 valence electrons. The van der Waals surface area contributed by atoms with Gasteiger partial charge in [-0.15, -0.1) is 0 Å². The van der Waals surface area contributed by atoms with Crippen LogP contribution in [0.25, 0.3) is 0 Å². The predicted molar refractivity (Wildman–Crippen MR) is 56.6 cm³/mol. The van der Waals surface area contributed by atoms with Gasteiger partial charge in [-0.25, -0.2) is 0 Å². The smallest absolute Gasteiger partial charge is 0.0703 e. The van der Waals surface area contributed by atoms with Gasteiger partial charge in [0.1, 0.15) is 0 Å².